The molecule has 0 saturated heterocycles. The third-order valence-corrected chi connectivity index (χ3v) is 3.80. The van der Waals surface area contributed by atoms with Crippen LogP contribution in [0, 0.1) is 17.0 Å². The molecule has 110 valence electrons. The number of aryl methyl sites for hydroxylation is 1. The second kappa shape index (κ2) is 6.99. The number of rotatable bonds is 7. The highest BCUT2D eigenvalue weighted by atomic mass is 32.1. The summed E-state index contributed by atoms with van der Waals surface area (Å²) in [6.45, 7) is 3.47. The first-order valence-electron chi connectivity index (χ1n) is 6.15. The minimum atomic E-state index is -1.10. The Morgan fingerprint density at radius 2 is 2.20 bits per heavy atom. The Hall–Kier alpha value is -1.96. The zero-order chi connectivity index (χ0) is 15.3. The molecule has 0 radical (unpaired) electrons. The summed E-state index contributed by atoms with van der Waals surface area (Å²) in [7, 11) is 0. The minimum Gasteiger partial charge on any atom is -0.480 e. The topological polar surface area (TPSA) is 110 Å². The second-order valence-electron chi connectivity index (χ2n) is 4.32. The van der Waals surface area contributed by atoms with Crippen LogP contribution in [0.15, 0.2) is 6.07 Å². The van der Waals surface area contributed by atoms with Crippen molar-refractivity contribution in [1.82, 2.24) is 5.32 Å². The van der Waals surface area contributed by atoms with Crippen molar-refractivity contribution in [3.05, 3.63) is 25.9 Å². The number of nitrogens with zero attached hydrogens (tertiary/aromatic N) is 1. The summed E-state index contributed by atoms with van der Waals surface area (Å²) < 4.78 is 0. The molecular formula is C12H16N2O5S. The largest absolute Gasteiger partial charge is 0.480 e. The summed E-state index contributed by atoms with van der Waals surface area (Å²) in [5.41, 5.74) is -0.124. The Labute approximate surface area is 119 Å². The number of amides is 1. The number of carboxylic acid groups (broad SMARTS) is 1. The van der Waals surface area contributed by atoms with Gasteiger partial charge in [0, 0.05) is 6.07 Å². The number of nitro groups is 1. The van der Waals surface area contributed by atoms with Gasteiger partial charge < -0.3 is 10.4 Å². The highest BCUT2D eigenvalue weighted by molar-refractivity contribution is 7.14. The maximum Gasteiger partial charge on any atom is 0.326 e. The molecule has 0 aliphatic rings. The molecule has 0 fully saturated rings. The molecule has 7 nitrogen and oxygen atoms in total. The molecule has 1 heterocycles. The van der Waals surface area contributed by atoms with Crippen LogP contribution in [0.4, 0.5) is 5.69 Å². The number of hydrogen-bond donors (Lipinski definition) is 2. The molecule has 1 unspecified atom stereocenters. The molecule has 2 N–H and O–H groups in total. The number of carbonyl (C=O) groups is 2. The molecule has 0 saturated carbocycles. The predicted octanol–water partition coefficient (Wildman–Crippen LogP) is 2.34. The van der Waals surface area contributed by atoms with Crippen molar-refractivity contribution in [3.63, 3.8) is 0 Å². The van der Waals surface area contributed by atoms with Crippen LogP contribution in [0.5, 0.6) is 0 Å². The summed E-state index contributed by atoms with van der Waals surface area (Å²) in [5, 5.41) is 22.1. The highest BCUT2D eigenvalue weighted by Crippen LogP contribution is 2.28. The van der Waals surface area contributed by atoms with Crippen LogP contribution in [-0.2, 0) is 4.79 Å². The molecule has 1 amide bonds. The van der Waals surface area contributed by atoms with Gasteiger partial charge in [0.15, 0.2) is 0 Å². The summed E-state index contributed by atoms with van der Waals surface area (Å²) in [5.74, 6) is -1.69. The van der Waals surface area contributed by atoms with Gasteiger partial charge in [0.2, 0.25) is 0 Å². The maximum absolute atomic E-state index is 11.9. The van der Waals surface area contributed by atoms with Crippen molar-refractivity contribution >= 4 is 28.9 Å². The van der Waals surface area contributed by atoms with Crippen LogP contribution in [-0.4, -0.2) is 27.9 Å². The molecule has 0 aliphatic carbocycles. The Bertz CT molecular complexity index is 526. The maximum atomic E-state index is 11.9. The summed E-state index contributed by atoms with van der Waals surface area (Å²) in [6, 6.07) is 0.206. The number of hydrogen-bond acceptors (Lipinski definition) is 5. The van der Waals surface area contributed by atoms with Crippen LogP contribution in [0.3, 0.4) is 0 Å². The van der Waals surface area contributed by atoms with E-state index in [-0.39, 0.29) is 10.6 Å². The van der Waals surface area contributed by atoms with Gasteiger partial charge in [-0.15, -0.1) is 11.3 Å². The highest BCUT2D eigenvalue weighted by Gasteiger charge is 2.24. The van der Waals surface area contributed by atoms with Gasteiger partial charge in [-0.3, -0.25) is 14.9 Å². The molecule has 1 aromatic rings. The van der Waals surface area contributed by atoms with E-state index in [1.807, 2.05) is 6.92 Å². The molecule has 20 heavy (non-hydrogen) atoms. The van der Waals surface area contributed by atoms with E-state index in [4.69, 9.17) is 5.11 Å². The molecule has 0 aliphatic heterocycles. The first-order valence-corrected chi connectivity index (χ1v) is 6.97. The van der Waals surface area contributed by atoms with E-state index in [1.54, 1.807) is 6.92 Å². The average molecular weight is 300 g/mol. The molecular weight excluding hydrogens is 284 g/mol. The normalized spacial score (nSPS) is 11.9. The van der Waals surface area contributed by atoms with Crippen LogP contribution in [0.1, 0.15) is 40.7 Å². The van der Waals surface area contributed by atoms with Gasteiger partial charge in [0.25, 0.3) is 11.6 Å². The van der Waals surface area contributed by atoms with E-state index >= 15 is 0 Å². The standard InChI is InChI=1S/C12H16N2O5S/c1-3-4-5-8(12(16)17)13-11(15)10-6-9(14(18)19)7(2)20-10/h6,8H,3-5H2,1-2H3,(H,13,15)(H,16,17). The SMILES string of the molecule is CCCCC(NC(=O)c1cc([N+](=O)[O-])c(C)s1)C(=O)O. The van der Waals surface area contributed by atoms with Crippen molar-refractivity contribution < 1.29 is 19.6 Å². The molecule has 1 rings (SSSR count). The van der Waals surface area contributed by atoms with Crippen LogP contribution >= 0.6 is 11.3 Å². The Morgan fingerprint density at radius 3 is 2.65 bits per heavy atom. The fourth-order valence-corrected chi connectivity index (χ4v) is 2.55. The second-order valence-corrected chi connectivity index (χ2v) is 5.57. The Kier molecular flexibility index (Phi) is 5.63. The van der Waals surface area contributed by atoms with Crippen LogP contribution < -0.4 is 5.32 Å². The minimum absolute atomic E-state index is 0.124. The van der Waals surface area contributed by atoms with E-state index in [0.717, 1.165) is 17.8 Å². The van der Waals surface area contributed by atoms with E-state index in [9.17, 15) is 19.7 Å². The monoisotopic (exact) mass is 300 g/mol. The lowest BCUT2D eigenvalue weighted by Crippen LogP contribution is -2.40. The van der Waals surface area contributed by atoms with Gasteiger partial charge in [-0.2, -0.15) is 0 Å². The molecule has 0 bridgehead atoms. The van der Waals surface area contributed by atoms with Crippen molar-refractivity contribution in [2.24, 2.45) is 0 Å². The lowest BCUT2D eigenvalue weighted by molar-refractivity contribution is -0.385. The van der Waals surface area contributed by atoms with Crippen molar-refractivity contribution in [2.75, 3.05) is 0 Å². The lowest BCUT2D eigenvalue weighted by Gasteiger charge is -2.13. The van der Waals surface area contributed by atoms with Crippen LogP contribution in [0.25, 0.3) is 0 Å². The molecule has 0 spiro atoms. The lowest BCUT2D eigenvalue weighted by atomic mass is 10.1. The van der Waals surface area contributed by atoms with Gasteiger partial charge in [-0.05, 0) is 13.3 Å². The number of thiophene rings is 1. The summed E-state index contributed by atoms with van der Waals surface area (Å²) in [4.78, 5) is 33.7. The Balaban J connectivity index is 2.81. The molecule has 1 atom stereocenters. The third kappa shape index (κ3) is 4.02. The summed E-state index contributed by atoms with van der Waals surface area (Å²) >= 11 is 0.982. The van der Waals surface area contributed by atoms with Gasteiger partial charge in [-0.25, -0.2) is 4.79 Å². The van der Waals surface area contributed by atoms with Gasteiger partial charge >= 0.3 is 5.97 Å². The fourth-order valence-electron chi connectivity index (χ4n) is 1.66. The smallest absolute Gasteiger partial charge is 0.326 e. The van der Waals surface area contributed by atoms with Gasteiger partial charge in [-0.1, -0.05) is 19.8 Å². The zero-order valence-electron chi connectivity index (χ0n) is 11.2. The fraction of sp³-hybridized carbons (Fsp3) is 0.500. The third-order valence-electron chi connectivity index (χ3n) is 2.76. The van der Waals surface area contributed by atoms with Gasteiger partial charge in [0.05, 0.1) is 14.7 Å². The first-order chi connectivity index (χ1) is 9.36. The number of unbranched alkanes of at least 4 members (excludes halogenated alkanes) is 1. The number of carboxylic acids is 1. The predicted molar refractivity (Wildman–Crippen MR) is 74.1 cm³/mol. The first kappa shape index (κ1) is 16.1. The van der Waals surface area contributed by atoms with E-state index < -0.39 is 22.8 Å². The van der Waals surface area contributed by atoms with Crippen LogP contribution in [0.2, 0.25) is 0 Å². The Morgan fingerprint density at radius 1 is 1.55 bits per heavy atom. The number of nitrogens with one attached hydrogen (secondary N) is 1. The van der Waals surface area contributed by atoms with Gasteiger partial charge in [0.1, 0.15) is 6.04 Å². The van der Waals surface area contributed by atoms with Crippen molar-refractivity contribution in [2.45, 2.75) is 39.2 Å². The van der Waals surface area contributed by atoms with E-state index in [2.05, 4.69) is 5.32 Å². The zero-order valence-corrected chi connectivity index (χ0v) is 12.0. The number of aliphatic carboxylic acids is 1. The van der Waals surface area contributed by atoms with Crippen molar-refractivity contribution in [3.8, 4) is 0 Å². The molecule has 8 heteroatoms. The van der Waals surface area contributed by atoms with Crippen molar-refractivity contribution in [1.29, 1.82) is 0 Å². The van der Waals surface area contributed by atoms with E-state index in [1.165, 1.54) is 6.07 Å². The van der Waals surface area contributed by atoms with E-state index in [0.29, 0.717) is 17.7 Å². The molecule has 0 aromatic carbocycles. The summed E-state index contributed by atoms with van der Waals surface area (Å²) in [6.07, 6.45) is 1.84. The number of carbonyl (C=O) groups excluding carboxylic acids is 1. The quantitative estimate of drug-likeness (QED) is 0.593. The average Bonchev–Trinajstić information content (AvgIpc) is 2.76. The molecule has 1 aromatic heterocycles.